The second-order valence-electron chi connectivity index (χ2n) is 7.64. The van der Waals surface area contributed by atoms with E-state index in [1.165, 1.54) is 36.2 Å². The van der Waals surface area contributed by atoms with Gasteiger partial charge < -0.3 is 9.80 Å². The Bertz CT molecular complexity index is 1000. The van der Waals surface area contributed by atoms with E-state index in [9.17, 15) is 17.6 Å². The average molecular weight is 421 g/mol. The number of carbonyl (C=O) groups excluding carboxylic acids is 1. The zero-order valence-corrected chi connectivity index (χ0v) is 17.8. The number of carbonyl (C=O) groups is 1. The van der Waals surface area contributed by atoms with E-state index in [0.29, 0.717) is 13.1 Å². The summed E-state index contributed by atoms with van der Waals surface area (Å²) >= 11 is 0. The van der Waals surface area contributed by atoms with Gasteiger partial charge in [0.05, 0.1) is 36.6 Å². The Morgan fingerprint density at radius 2 is 1.83 bits per heavy atom. The van der Waals surface area contributed by atoms with E-state index in [4.69, 9.17) is 0 Å². The van der Waals surface area contributed by atoms with Crippen LogP contribution < -0.4 is 4.90 Å². The molecule has 0 aromatic heterocycles. The molecule has 1 N–H and O–H groups in total. The van der Waals surface area contributed by atoms with Crippen LogP contribution in [0, 0.1) is 12.7 Å². The number of nitrogens with one attached hydrogen (secondary N) is 1. The first-order valence-corrected chi connectivity index (χ1v) is 11.0. The molecule has 8 heteroatoms. The summed E-state index contributed by atoms with van der Waals surface area (Å²) in [7, 11) is -0.937. The number of aryl methyl sites for hydroxylation is 1. The van der Waals surface area contributed by atoms with E-state index in [1.807, 2.05) is 6.07 Å². The number of amides is 1. The summed E-state index contributed by atoms with van der Waals surface area (Å²) in [6.07, 6.45) is 0. The van der Waals surface area contributed by atoms with Crippen LogP contribution in [0.2, 0.25) is 0 Å². The van der Waals surface area contributed by atoms with Crippen LogP contribution in [0.1, 0.15) is 21.5 Å². The lowest BCUT2D eigenvalue weighted by Gasteiger charge is -2.32. The number of rotatable bonds is 5. The molecule has 1 aliphatic heterocycles. The van der Waals surface area contributed by atoms with Crippen molar-refractivity contribution in [3.05, 3.63) is 65.0 Å². The predicted octanol–water partition coefficient (Wildman–Crippen LogP) is 0.925. The molecule has 1 amide bonds. The molecule has 3 rings (SSSR count). The zero-order valence-electron chi connectivity index (χ0n) is 17.0. The van der Waals surface area contributed by atoms with E-state index >= 15 is 0 Å². The first-order valence-electron chi connectivity index (χ1n) is 9.59. The highest BCUT2D eigenvalue weighted by atomic mass is 32.2. The topological polar surface area (TPSA) is 62.1 Å². The number of piperazine rings is 1. The van der Waals surface area contributed by atoms with Crippen molar-refractivity contribution in [1.29, 1.82) is 0 Å². The van der Waals surface area contributed by atoms with Gasteiger partial charge in [0.2, 0.25) is 10.0 Å². The molecule has 2 aromatic rings. The summed E-state index contributed by atoms with van der Waals surface area (Å²) in [6.45, 7) is 5.48. The lowest BCUT2D eigenvalue weighted by Crippen LogP contribution is -3.13. The molecule has 156 valence electrons. The van der Waals surface area contributed by atoms with Crippen molar-refractivity contribution in [2.75, 3.05) is 40.3 Å². The molecular formula is C21H27FN3O3S+. The molecule has 29 heavy (non-hydrogen) atoms. The van der Waals surface area contributed by atoms with Gasteiger partial charge in [0, 0.05) is 19.7 Å². The Kier molecular flexibility index (Phi) is 6.36. The number of quaternary nitrogens is 1. The quantitative estimate of drug-likeness (QED) is 0.783. The van der Waals surface area contributed by atoms with Gasteiger partial charge in [0.1, 0.15) is 12.4 Å². The van der Waals surface area contributed by atoms with Crippen molar-refractivity contribution in [1.82, 2.24) is 9.21 Å². The third kappa shape index (κ3) is 4.83. The maximum Gasteiger partial charge on any atom is 0.257 e. The van der Waals surface area contributed by atoms with Gasteiger partial charge >= 0.3 is 0 Å². The molecule has 0 radical (unpaired) electrons. The Hall–Kier alpha value is -2.29. The molecule has 0 saturated carbocycles. The number of benzene rings is 2. The first-order chi connectivity index (χ1) is 13.7. The number of hydrogen-bond donors (Lipinski definition) is 1. The second kappa shape index (κ2) is 8.61. The van der Waals surface area contributed by atoms with Crippen molar-refractivity contribution in [2.45, 2.75) is 18.4 Å². The van der Waals surface area contributed by atoms with Crippen molar-refractivity contribution in [3.63, 3.8) is 0 Å². The molecule has 1 aliphatic rings. The van der Waals surface area contributed by atoms with Crippen molar-refractivity contribution in [3.8, 4) is 0 Å². The Balaban J connectivity index is 1.69. The molecule has 1 saturated heterocycles. The Morgan fingerprint density at radius 3 is 2.45 bits per heavy atom. The van der Waals surface area contributed by atoms with E-state index in [2.05, 4.69) is 25.1 Å². The summed E-state index contributed by atoms with van der Waals surface area (Å²) in [5.41, 5.74) is 2.28. The molecular weight excluding hydrogens is 393 g/mol. The fourth-order valence-electron chi connectivity index (χ4n) is 3.52. The second-order valence-corrected chi connectivity index (χ2v) is 9.79. The first kappa shape index (κ1) is 21.4. The summed E-state index contributed by atoms with van der Waals surface area (Å²) in [4.78, 5) is 15.7. The lowest BCUT2D eigenvalue weighted by atomic mass is 10.1. The van der Waals surface area contributed by atoms with E-state index in [1.54, 1.807) is 4.90 Å². The van der Waals surface area contributed by atoms with E-state index < -0.39 is 21.7 Å². The van der Waals surface area contributed by atoms with Gasteiger partial charge in [-0.2, -0.15) is 0 Å². The van der Waals surface area contributed by atoms with Crippen molar-refractivity contribution >= 4 is 15.9 Å². The number of halogens is 1. The maximum absolute atomic E-state index is 14.3. The number of sulfonamides is 1. The van der Waals surface area contributed by atoms with Gasteiger partial charge in [-0.25, -0.2) is 17.1 Å². The fraction of sp³-hybridized carbons (Fsp3) is 0.381. The molecule has 2 aromatic carbocycles. The molecule has 0 unspecified atom stereocenters. The summed E-state index contributed by atoms with van der Waals surface area (Å²) in [5.74, 6) is -1.17. The smallest absolute Gasteiger partial charge is 0.257 e. The van der Waals surface area contributed by atoms with E-state index in [0.717, 1.165) is 36.1 Å². The normalized spacial score (nSPS) is 15.7. The molecule has 0 aliphatic carbocycles. The van der Waals surface area contributed by atoms with Crippen LogP contribution in [-0.2, 0) is 16.6 Å². The van der Waals surface area contributed by atoms with Crippen LogP contribution in [0.15, 0.2) is 47.4 Å². The largest absolute Gasteiger partial charge is 0.328 e. The van der Waals surface area contributed by atoms with Gasteiger partial charge in [0.25, 0.3) is 5.91 Å². The minimum absolute atomic E-state index is 0.0871. The average Bonchev–Trinajstić information content (AvgIpc) is 2.68. The zero-order chi connectivity index (χ0) is 21.2. The SMILES string of the molecule is Cc1cccc(C[NH+]2CCN(C(=O)c3cc(S(=O)(=O)N(C)C)ccc3F)CC2)c1. The lowest BCUT2D eigenvalue weighted by molar-refractivity contribution is -0.917. The van der Waals surface area contributed by atoms with Gasteiger partial charge in [-0.1, -0.05) is 29.8 Å². The molecule has 1 heterocycles. The standard InChI is InChI=1S/C21H26FN3O3S/c1-16-5-4-6-17(13-16)15-24-9-11-25(12-10-24)21(26)19-14-18(7-8-20(19)22)29(27,28)23(2)3/h4-8,13-14H,9-12,15H2,1-3H3/p+1. The van der Waals surface area contributed by atoms with Crippen LogP contribution in [0.5, 0.6) is 0 Å². The predicted molar refractivity (Wildman–Crippen MR) is 109 cm³/mol. The minimum Gasteiger partial charge on any atom is -0.328 e. The third-order valence-corrected chi connectivity index (χ3v) is 7.05. The van der Waals surface area contributed by atoms with Crippen LogP contribution in [0.3, 0.4) is 0 Å². The van der Waals surface area contributed by atoms with Crippen LogP contribution >= 0.6 is 0 Å². The summed E-state index contributed by atoms with van der Waals surface area (Å²) in [6, 6.07) is 11.7. The highest BCUT2D eigenvalue weighted by molar-refractivity contribution is 7.89. The highest BCUT2D eigenvalue weighted by Crippen LogP contribution is 2.19. The van der Waals surface area contributed by atoms with Gasteiger partial charge in [0.15, 0.2) is 0 Å². The van der Waals surface area contributed by atoms with Gasteiger partial charge in [-0.15, -0.1) is 0 Å². The maximum atomic E-state index is 14.3. The van der Waals surface area contributed by atoms with Gasteiger partial charge in [-0.3, -0.25) is 4.79 Å². The monoisotopic (exact) mass is 420 g/mol. The molecule has 1 fully saturated rings. The molecule has 0 atom stereocenters. The van der Waals surface area contributed by atoms with Crippen molar-refractivity contribution in [2.24, 2.45) is 0 Å². The molecule has 6 nitrogen and oxygen atoms in total. The van der Waals surface area contributed by atoms with Gasteiger partial charge in [-0.05, 0) is 25.1 Å². The van der Waals surface area contributed by atoms with E-state index in [-0.39, 0.29) is 10.5 Å². The third-order valence-electron chi connectivity index (χ3n) is 5.24. The fourth-order valence-corrected chi connectivity index (χ4v) is 4.45. The van der Waals surface area contributed by atoms with Crippen LogP contribution in [0.25, 0.3) is 0 Å². The Morgan fingerprint density at radius 1 is 1.14 bits per heavy atom. The number of hydrogen-bond acceptors (Lipinski definition) is 3. The minimum atomic E-state index is -3.74. The molecule has 0 bridgehead atoms. The summed E-state index contributed by atoms with van der Waals surface area (Å²) < 4.78 is 40.0. The molecule has 0 spiro atoms. The van der Waals surface area contributed by atoms with Crippen LogP contribution in [-0.4, -0.2) is 63.8 Å². The summed E-state index contributed by atoms with van der Waals surface area (Å²) in [5, 5.41) is 0. The number of nitrogens with zero attached hydrogens (tertiary/aromatic N) is 2. The van der Waals surface area contributed by atoms with Crippen molar-refractivity contribution < 1.29 is 22.5 Å². The highest BCUT2D eigenvalue weighted by Gasteiger charge is 2.28. The Labute approximate surface area is 171 Å². The van der Waals surface area contributed by atoms with Crippen LogP contribution in [0.4, 0.5) is 4.39 Å².